The molecule has 0 saturated carbocycles. The second-order valence-electron chi connectivity index (χ2n) is 3.94. The van der Waals surface area contributed by atoms with Crippen LogP contribution < -0.4 is 0 Å². The van der Waals surface area contributed by atoms with Gasteiger partial charge in [-0.1, -0.05) is 52.5 Å². The van der Waals surface area contributed by atoms with Gasteiger partial charge in [0.2, 0.25) is 0 Å². The Morgan fingerprint density at radius 1 is 1.05 bits per heavy atom. The molecule has 1 aromatic heterocycles. The first-order chi connectivity index (χ1) is 9.40. The van der Waals surface area contributed by atoms with Gasteiger partial charge in [-0.15, -0.1) is 0 Å². The van der Waals surface area contributed by atoms with Crippen LogP contribution in [0.25, 0.3) is 11.3 Å². The van der Waals surface area contributed by atoms with Crippen LogP contribution in [0.2, 0.25) is 20.2 Å². The zero-order valence-electron chi connectivity index (χ0n) is 9.83. The number of halogens is 4. The first-order valence-corrected chi connectivity index (χ1v) is 6.92. The van der Waals surface area contributed by atoms with E-state index < -0.39 is 5.97 Å². The number of carbonyl (C=O) groups is 1. The van der Waals surface area contributed by atoms with Crippen molar-refractivity contribution in [2.75, 3.05) is 0 Å². The van der Waals surface area contributed by atoms with Crippen LogP contribution in [0.15, 0.2) is 24.3 Å². The Kier molecular flexibility index (Phi) is 4.76. The van der Waals surface area contributed by atoms with Crippen molar-refractivity contribution in [2.45, 2.75) is 6.42 Å². The molecule has 0 radical (unpaired) electrons. The second kappa shape index (κ2) is 6.19. The Hall–Kier alpha value is -1.000. The third kappa shape index (κ3) is 3.18. The van der Waals surface area contributed by atoms with Gasteiger partial charge < -0.3 is 5.11 Å². The van der Waals surface area contributed by atoms with E-state index in [9.17, 15) is 4.79 Å². The molecule has 0 amide bonds. The van der Waals surface area contributed by atoms with Gasteiger partial charge in [-0.3, -0.25) is 4.79 Å². The molecule has 0 unspecified atom stereocenters. The number of aliphatic carboxylic acids is 1. The zero-order chi connectivity index (χ0) is 14.9. The number of carboxylic acid groups (broad SMARTS) is 1. The molecule has 1 N–H and O–H groups in total. The quantitative estimate of drug-likeness (QED) is 0.626. The van der Waals surface area contributed by atoms with E-state index in [4.69, 9.17) is 51.5 Å². The lowest BCUT2D eigenvalue weighted by Gasteiger charge is -2.11. The Balaban J connectivity index is 2.65. The van der Waals surface area contributed by atoms with E-state index in [1.807, 2.05) is 0 Å². The van der Waals surface area contributed by atoms with E-state index in [-0.39, 0.29) is 21.6 Å². The Morgan fingerprint density at radius 3 is 2.40 bits per heavy atom. The van der Waals surface area contributed by atoms with Crippen LogP contribution in [0.5, 0.6) is 0 Å². The van der Waals surface area contributed by atoms with Crippen molar-refractivity contribution in [1.29, 1.82) is 0 Å². The van der Waals surface area contributed by atoms with Crippen LogP contribution in [0.3, 0.4) is 0 Å². The summed E-state index contributed by atoms with van der Waals surface area (Å²) in [5.41, 5.74) is 1.35. The van der Waals surface area contributed by atoms with Crippen molar-refractivity contribution in [1.82, 2.24) is 4.98 Å². The summed E-state index contributed by atoms with van der Waals surface area (Å²) in [5.74, 6) is -0.980. The maximum atomic E-state index is 10.9. The lowest BCUT2D eigenvalue weighted by molar-refractivity contribution is -0.136. The highest BCUT2D eigenvalue weighted by molar-refractivity contribution is 6.49. The molecule has 1 heterocycles. The van der Waals surface area contributed by atoms with Crippen molar-refractivity contribution < 1.29 is 9.90 Å². The molecule has 104 valence electrons. The summed E-state index contributed by atoms with van der Waals surface area (Å²) in [4.78, 5) is 15.0. The van der Waals surface area contributed by atoms with Gasteiger partial charge in [0.1, 0.15) is 5.15 Å². The van der Waals surface area contributed by atoms with E-state index in [2.05, 4.69) is 4.98 Å². The molecule has 0 atom stereocenters. The molecule has 0 fully saturated rings. The lowest BCUT2D eigenvalue weighted by atomic mass is 10.0. The molecule has 0 aliphatic heterocycles. The molecule has 2 aromatic rings. The van der Waals surface area contributed by atoms with E-state index >= 15 is 0 Å². The fourth-order valence-electron chi connectivity index (χ4n) is 1.71. The van der Waals surface area contributed by atoms with Gasteiger partial charge in [0, 0.05) is 5.56 Å². The molecule has 1 aromatic carbocycles. The predicted octanol–water partition coefficient (Wildman–Crippen LogP) is 4.99. The van der Waals surface area contributed by atoms with Gasteiger partial charge in [-0.2, -0.15) is 0 Å². The molecule has 0 aliphatic carbocycles. The van der Waals surface area contributed by atoms with Crippen LogP contribution in [0, 0.1) is 0 Å². The summed E-state index contributed by atoms with van der Waals surface area (Å²) < 4.78 is 0. The molecule has 0 aliphatic rings. The molecule has 0 bridgehead atoms. The van der Waals surface area contributed by atoms with Crippen molar-refractivity contribution in [3.8, 4) is 11.3 Å². The normalized spacial score (nSPS) is 10.6. The van der Waals surface area contributed by atoms with E-state index in [1.165, 1.54) is 6.07 Å². The first kappa shape index (κ1) is 15.4. The Morgan fingerprint density at radius 2 is 1.75 bits per heavy atom. The lowest BCUT2D eigenvalue weighted by Crippen LogP contribution is -2.03. The summed E-state index contributed by atoms with van der Waals surface area (Å²) in [7, 11) is 0. The second-order valence-corrected chi connectivity index (χ2v) is 5.49. The monoisotopic (exact) mass is 349 g/mol. The number of hydrogen-bond donors (Lipinski definition) is 1. The van der Waals surface area contributed by atoms with Gasteiger partial charge in [0.15, 0.2) is 0 Å². The molecular weight excluding hydrogens is 344 g/mol. The minimum absolute atomic E-state index is 0.189. The molecule has 20 heavy (non-hydrogen) atoms. The highest BCUT2D eigenvalue weighted by atomic mass is 35.5. The van der Waals surface area contributed by atoms with Crippen molar-refractivity contribution in [3.05, 3.63) is 50.0 Å². The molecule has 3 nitrogen and oxygen atoms in total. The number of hydrogen-bond acceptors (Lipinski definition) is 2. The fourth-order valence-corrected chi connectivity index (χ4v) is 2.48. The first-order valence-electron chi connectivity index (χ1n) is 5.41. The molecule has 0 saturated heterocycles. The van der Waals surface area contributed by atoms with E-state index in [0.717, 1.165) is 0 Å². The van der Waals surface area contributed by atoms with Crippen molar-refractivity contribution in [3.63, 3.8) is 0 Å². The van der Waals surface area contributed by atoms with Gasteiger partial charge in [0.25, 0.3) is 0 Å². The zero-order valence-corrected chi connectivity index (χ0v) is 12.9. The van der Waals surface area contributed by atoms with Crippen LogP contribution in [0.4, 0.5) is 0 Å². The summed E-state index contributed by atoms with van der Waals surface area (Å²) in [6.07, 6.45) is -0.198. The molecule has 2 rings (SSSR count). The highest BCUT2D eigenvalue weighted by Crippen LogP contribution is 2.38. The Labute approximate surface area is 135 Å². The third-order valence-corrected chi connectivity index (χ3v) is 4.08. The number of pyridine rings is 1. The number of aromatic nitrogens is 1. The smallest absolute Gasteiger partial charge is 0.307 e. The topological polar surface area (TPSA) is 50.2 Å². The number of benzene rings is 1. The fraction of sp³-hybridized carbons (Fsp3) is 0.0769. The predicted molar refractivity (Wildman–Crippen MR) is 81.1 cm³/mol. The average Bonchev–Trinajstić information content (AvgIpc) is 2.38. The molecule has 0 spiro atoms. The third-order valence-electron chi connectivity index (χ3n) is 2.58. The Bertz CT molecular complexity index is 688. The van der Waals surface area contributed by atoms with Gasteiger partial charge in [0.05, 0.1) is 27.2 Å². The SMILES string of the molecule is O=C(O)Cc1ccc(Cl)nc1-c1ccc(Cl)c(Cl)c1Cl. The van der Waals surface area contributed by atoms with Crippen LogP contribution in [-0.2, 0) is 11.2 Å². The van der Waals surface area contributed by atoms with Gasteiger partial charge in [-0.25, -0.2) is 4.98 Å². The number of carboxylic acids is 1. The molecular formula is C13H7Cl4NO2. The van der Waals surface area contributed by atoms with E-state index in [0.29, 0.717) is 21.8 Å². The van der Waals surface area contributed by atoms with Crippen LogP contribution >= 0.6 is 46.4 Å². The molecule has 7 heteroatoms. The summed E-state index contributed by atoms with van der Waals surface area (Å²) >= 11 is 23.9. The van der Waals surface area contributed by atoms with Crippen molar-refractivity contribution >= 4 is 52.4 Å². The number of rotatable bonds is 3. The minimum Gasteiger partial charge on any atom is -0.481 e. The van der Waals surface area contributed by atoms with Crippen LogP contribution in [0.1, 0.15) is 5.56 Å². The van der Waals surface area contributed by atoms with Gasteiger partial charge in [-0.05, 0) is 23.8 Å². The summed E-state index contributed by atoms with van der Waals surface area (Å²) in [6, 6.07) is 6.31. The minimum atomic E-state index is -0.980. The largest absolute Gasteiger partial charge is 0.481 e. The maximum Gasteiger partial charge on any atom is 0.307 e. The summed E-state index contributed by atoms with van der Waals surface area (Å²) in [5, 5.41) is 9.87. The standard InChI is InChI=1S/C13H7Cl4NO2/c14-8-3-2-7(11(16)12(8)17)13-6(5-10(19)20)1-4-9(15)18-13/h1-4H,5H2,(H,19,20). The summed E-state index contributed by atoms with van der Waals surface area (Å²) in [6.45, 7) is 0. The van der Waals surface area contributed by atoms with Gasteiger partial charge >= 0.3 is 5.97 Å². The highest BCUT2D eigenvalue weighted by Gasteiger charge is 2.16. The van der Waals surface area contributed by atoms with E-state index in [1.54, 1.807) is 18.2 Å². The number of nitrogens with zero attached hydrogens (tertiary/aromatic N) is 1. The maximum absolute atomic E-state index is 10.9. The van der Waals surface area contributed by atoms with Crippen LogP contribution in [-0.4, -0.2) is 16.1 Å². The average molecular weight is 351 g/mol. The van der Waals surface area contributed by atoms with Crippen molar-refractivity contribution in [2.24, 2.45) is 0 Å².